The Morgan fingerprint density at radius 3 is 2.59 bits per heavy atom. The van der Waals surface area contributed by atoms with Crippen molar-refractivity contribution in [3.05, 3.63) is 77.3 Å². The Hall–Kier alpha value is -3.48. The first-order chi connectivity index (χ1) is 13.1. The van der Waals surface area contributed by atoms with Crippen LogP contribution >= 0.6 is 0 Å². The largest absolute Gasteiger partial charge is 0.360 e. The van der Waals surface area contributed by atoms with Crippen molar-refractivity contribution >= 4 is 17.6 Å². The Kier molecular flexibility index (Phi) is 5.61. The fourth-order valence-corrected chi connectivity index (χ4v) is 2.61. The van der Waals surface area contributed by atoms with Crippen LogP contribution < -0.4 is 5.32 Å². The summed E-state index contributed by atoms with van der Waals surface area (Å²) in [4.78, 5) is 31.0. The highest BCUT2D eigenvalue weighted by Crippen LogP contribution is 2.13. The first kappa shape index (κ1) is 18.3. The summed E-state index contributed by atoms with van der Waals surface area (Å²) < 4.78 is 4.92. The third-order valence-electron chi connectivity index (χ3n) is 3.99. The Balaban J connectivity index is 1.75. The lowest BCUT2D eigenvalue weighted by Crippen LogP contribution is -2.30. The van der Waals surface area contributed by atoms with Crippen molar-refractivity contribution in [2.24, 2.45) is 0 Å². The summed E-state index contributed by atoms with van der Waals surface area (Å²) in [7, 11) is 0. The summed E-state index contributed by atoms with van der Waals surface area (Å²) in [6.07, 6.45) is 1.45. The van der Waals surface area contributed by atoms with Gasteiger partial charge < -0.3 is 14.7 Å². The minimum absolute atomic E-state index is 0.136. The van der Waals surface area contributed by atoms with Crippen molar-refractivity contribution < 1.29 is 14.1 Å². The molecule has 138 valence electrons. The summed E-state index contributed by atoms with van der Waals surface area (Å²) in [5, 5.41) is 6.31. The zero-order valence-corrected chi connectivity index (χ0v) is 15.2. The SMILES string of the molecule is CCN(Cc1ccccc1)C(=O)c1ccnc(C(=O)Nc2cc(C)on2)c1. The van der Waals surface area contributed by atoms with Crippen LogP contribution in [0.25, 0.3) is 0 Å². The van der Waals surface area contributed by atoms with Gasteiger partial charge in [-0.15, -0.1) is 0 Å². The van der Waals surface area contributed by atoms with E-state index in [-0.39, 0.29) is 11.6 Å². The number of aryl methyl sites for hydroxylation is 1. The number of benzene rings is 1. The monoisotopic (exact) mass is 364 g/mol. The maximum absolute atomic E-state index is 12.9. The molecule has 0 saturated heterocycles. The minimum atomic E-state index is -0.455. The third-order valence-corrected chi connectivity index (χ3v) is 3.99. The van der Waals surface area contributed by atoms with Crippen LogP contribution in [0.2, 0.25) is 0 Å². The summed E-state index contributed by atoms with van der Waals surface area (Å²) in [5.74, 6) is 0.274. The van der Waals surface area contributed by atoms with Crippen molar-refractivity contribution in [3.8, 4) is 0 Å². The van der Waals surface area contributed by atoms with Gasteiger partial charge in [-0.25, -0.2) is 0 Å². The highest BCUT2D eigenvalue weighted by atomic mass is 16.5. The molecule has 1 N–H and O–H groups in total. The normalized spacial score (nSPS) is 10.4. The first-order valence-corrected chi connectivity index (χ1v) is 8.60. The molecule has 0 bridgehead atoms. The van der Waals surface area contributed by atoms with Gasteiger partial charge in [0.05, 0.1) is 0 Å². The number of nitrogens with zero attached hydrogens (tertiary/aromatic N) is 3. The second-order valence-electron chi connectivity index (χ2n) is 6.01. The number of pyridine rings is 1. The van der Waals surface area contributed by atoms with Crippen LogP contribution in [0.15, 0.2) is 59.3 Å². The molecule has 3 aromatic rings. The first-order valence-electron chi connectivity index (χ1n) is 8.60. The van der Waals surface area contributed by atoms with Crippen molar-refractivity contribution in [1.82, 2.24) is 15.0 Å². The number of hydrogen-bond donors (Lipinski definition) is 1. The minimum Gasteiger partial charge on any atom is -0.360 e. The number of hydrogen-bond acceptors (Lipinski definition) is 5. The Bertz CT molecular complexity index is 937. The predicted octanol–water partition coefficient (Wildman–Crippen LogP) is 3.29. The summed E-state index contributed by atoms with van der Waals surface area (Å²) in [6, 6.07) is 14.5. The van der Waals surface area contributed by atoms with Crippen LogP contribution in [0.1, 0.15) is 39.1 Å². The lowest BCUT2D eigenvalue weighted by atomic mass is 10.1. The molecule has 0 aliphatic heterocycles. The Morgan fingerprint density at radius 1 is 1.15 bits per heavy atom. The molecule has 0 aliphatic carbocycles. The molecule has 7 heteroatoms. The van der Waals surface area contributed by atoms with Crippen LogP contribution in [0.5, 0.6) is 0 Å². The average molecular weight is 364 g/mol. The van der Waals surface area contributed by atoms with E-state index in [1.807, 2.05) is 37.3 Å². The van der Waals surface area contributed by atoms with E-state index in [0.717, 1.165) is 5.56 Å². The van der Waals surface area contributed by atoms with Gasteiger partial charge in [-0.1, -0.05) is 35.5 Å². The zero-order chi connectivity index (χ0) is 19.2. The molecule has 3 rings (SSSR count). The lowest BCUT2D eigenvalue weighted by Gasteiger charge is -2.21. The molecule has 2 heterocycles. The fourth-order valence-electron chi connectivity index (χ4n) is 2.61. The van der Waals surface area contributed by atoms with Crippen molar-refractivity contribution in [2.45, 2.75) is 20.4 Å². The van der Waals surface area contributed by atoms with E-state index in [2.05, 4.69) is 15.5 Å². The number of rotatable bonds is 6. The van der Waals surface area contributed by atoms with E-state index < -0.39 is 5.91 Å². The molecule has 0 atom stereocenters. The van der Waals surface area contributed by atoms with Gasteiger partial charge in [-0.2, -0.15) is 0 Å². The van der Waals surface area contributed by atoms with Gasteiger partial charge in [0, 0.05) is 30.9 Å². The van der Waals surface area contributed by atoms with E-state index in [4.69, 9.17) is 4.52 Å². The van der Waals surface area contributed by atoms with E-state index in [0.29, 0.717) is 30.2 Å². The molecule has 27 heavy (non-hydrogen) atoms. The van der Waals surface area contributed by atoms with Gasteiger partial charge in [0.15, 0.2) is 5.82 Å². The van der Waals surface area contributed by atoms with Gasteiger partial charge in [0.1, 0.15) is 11.5 Å². The van der Waals surface area contributed by atoms with Gasteiger partial charge in [0.2, 0.25) is 0 Å². The van der Waals surface area contributed by atoms with Crippen molar-refractivity contribution in [3.63, 3.8) is 0 Å². The molecule has 0 aliphatic rings. The van der Waals surface area contributed by atoms with E-state index in [1.165, 1.54) is 12.3 Å². The average Bonchev–Trinajstić information content (AvgIpc) is 3.11. The molecule has 7 nitrogen and oxygen atoms in total. The number of carbonyl (C=O) groups excluding carboxylic acids is 2. The van der Waals surface area contributed by atoms with Crippen LogP contribution in [0, 0.1) is 6.92 Å². The van der Waals surface area contributed by atoms with Crippen molar-refractivity contribution in [2.75, 3.05) is 11.9 Å². The fraction of sp³-hybridized carbons (Fsp3) is 0.200. The number of carbonyl (C=O) groups is 2. The summed E-state index contributed by atoms with van der Waals surface area (Å²) in [5.41, 5.74) is 1.59. The van der Waals surface area contributed by atoms with Gasteiger partial charge in [-0.3, -0.25) is 14.6 Å². The molecule has 1 aromatic carbocycles. The van der Waals surface area contributed by atoms with Crippen molar-refractivity contribution in [1.29, 1.82) is 0 Å². The van der Waals surface area contributed by atoms with Crippen LogP contribution in [0.3, 0.4) is 0 Å². The topological polar surface area (TPSA) is 88.3 Å². The van der Waals surface area contributed by atoms with Crippen LogP contribution in [-0.4, -0.2) is 33.4 Å². The number of nitrogens with one attached hydrogen (secondary N) is 1. The standard InChI is InChI=1S/C20H20N4O3/c1-3-24(13-15-7-5-4-6-8-15)20(26)16-9-10-21-17(12-16)19(25)22-18-11-14(2)27-23-18/h4-12H,3,13H2,1-2H3,(H,22,23,25). The molecular formula is C20H20N4O3. The van der Waals surface area contributed by atoms with Gasteiger partial charge >= 0.3 is 0 Å². The van der Waals surface area contributed by atoms with Crippen LogP contribution in [0.4, 0.5) is 5.82 Å². The Labute approximate surface area is 157 Å². The van der Waals surface area contributed by atoms with Crippen LogP contribution in [-0.2, 0) is 6.54 Å². The molecule has 0 unspecified atom stereocenters. The molecule has 0 radical (unpaired) electrons. The van der Waals surface area contributed by atoms with E-state index in [1.54, 1.807) is 24.0 Å². The van der Waals surface area contributed by atoms with Gasteiger partial charge in [0.25, 0.3) is 11.8 Å². The molecule has 0 fully saturated rings. The molecule has 0 spiro atoms. The molecule has 2 amide bonds. The second kappa shape index (κ2) is 8.27. The number of amides is 2. The zero-order valence-electron chi connectivity index (χ0n) is 15.2. The van der Waals surface area contributed by atoms with E-state index in [9.17, 15) is 9.59 Å². The van der Waals surface area contributed by atoms with E-state index >= 15 is 0 Å². The lowest BCUT2D eigenvalue weighted by molar-refractivity contribution is 0.0752. The second-order valence-corrected chi connectivity index (χ2v) is 6.01. The Morgan fingerprint density at radius 2 is 1.93 bits per heavy atom. The number of aromatic nitrogens is 2. The highest BCUT2D eigenvalue weighted by molar-refractivity contribution is 6.04. The predicted molar refractivity (Wildman–Crippen MR) is 100 cm³/mol. The maximum Gasteiger partial charge on any atom is 0.275 e. The molecule has 0 saturated carbocycles. The molecule has 2 aromatic heterocycles. The smallest absolute Gasteiger partial charge is 0.275 e. The summed E-state index contributed by atoms with van der Waals surface area (Å²) in [6.45, 7) is 4.70. The third kappa shape index (κ3) is 4.58. The quantitative estimate of drug-likeness (QED) is 0.725. The highest BCUT2D eigenvalue weighted by Gasteiger charge is 2.17. The molecular weight excluding hydrogens is 344 g/mol. The summed E-state index contributed by atoms with van der Waals surface area (Å²) >= 11 is 0. The number of anilines is 1. The van der Waals surface area contributed by atoms with Gasteiger partial charge in [-0.05, 0) is 31.5 Å². The maximum atomic E-state index is 12.9.